The van der Waals surface area contributed by atoms with E-state index in [1.165, 1.54) is 49.9 Å². The molecule has 2 aliphatic rings. The van der Waals surface area contributed by atoms with E-state index in [9.17, 15) is 0 Å². The smallest absolute Gasteiger partial charge is 0.257 e. The second kappa shape index (κ2) is 5.71. The fraction of sp³-hybridized carbons (Fsp3) is 0.308. The summed E-state index contributed by atoms with van der Waals surface area (Å²) in [5, 5.41) is 0. The van der Waals surface area contributed by atoms with Gasteiger partial charge in [0.15, 0.2) is 0 Å². The van der Waals surface area contributed by atoms with Crippen LogP contribution in [-0.2, 0) is 0 Å². The van der Waals surface area contributed by atoms with Crippen LogP contribution < -0.4 is 16.4 Å². The van der Waals surface area contributed by atoms with E-state index in [-0.39, 0.29) is 6.71 Å². The van der Waals surface area contributed by atoms with Crippen molar-refractivity contribution in [2.75, 3.05) is 0 Å². The van der Waals surface area contributed by atoms with Gasteiger partial charge in [0.1, 0.15) is 22.7 Å². The van der Waals surface area contributed by atoms with E-state index in [2.05, 4.69) is 70.6 Å². The number of benzene rings is 1. The lowest BCUT2D eigenvalue weighted by atomic mass is 9.33. The van der Waals surface area contributed by atoms with Crippen molar-refractivity contribution in [3.05, 3.63) is 51.6 Å². The number of pyridine rings is 2. The zero-order valence-corrected chi connectivity index (χ0v) is 20.3. The Balaban J connectivity index is 1.84. The molecule has 5 aromatic rings. The first-order valence-electron chi connectivity index (χ1n) is 11.6. The zero-order valence-electron chi connectivity index (χ0n) is 20.3. The maximum absolute atomic E-state index is 5.01. The number of aromatic nitrogens is 6. The summed E-state index contributed by atoms with van der Waals surface area (Å²) in [5.74, 6) is 2.01. The van der Waals surface area contributed by atoms with Gasteiger partial charge in [-0.2, -0.15) is 0 Å². The minimum absolute atomic E-state index is 0.0620. The van der Waals surface area contributed by atoms with Gasteiger partial charge in [0, 0.05) is 22.8 Å². The maximum atomic E-state index is 5.01. The van der Waals surface area contributed by atoms with Crippen LogP contribution in [0.4, 0.5) is 0 Å². The molecule has 0 atom stereocenters. The molecule has 6 nitrogen and oxygen atoms in total. The number of rotatable bonds is 0. The molecule has 33 heavy (non-hydrogen) atoms. The van der Waals surface area contributed by atoms with Crippen LogP contribution in [0.3, 0.4) is 0 Å². The fourth-order valence-corrected chi connectivity index (χ4v) is 6.67. The van der Waals surface area contributed by atoms with E-state index in [1.807, 2.05) is 0 Å². The normalized spacial score (nSPS) is 13.4. The maximum Gasteiger partial charge on any atom is 0.257 e. The van der Waals surface area contributed by atoms with E-state index < -0.39 is 0 Å². The third-order valence-electron chi connectivity index (χ3n) is 7.74. The highest BCUT2D eigenvalue weighted by molar-refractivity contribution is 7.00. The van der Waals surface area contributed by atoms with Crippen molar-refractivity contribution in [3.8, 4) is 11.4 Å². The van der Waals surface area contributed by atoms with Gasteiger partial charge in [0.25, 0.3) is 6.71 Å². The average Bonchev–Trinajstić information content (AvgIpc) is 3.26. The van der Waals surface area contributed by atoms with Gasteiger partial charge in [-0.1, -0.05) is 6.07 Å². The highest BCUT2D eigenvalue weighted by Gasteiger charge is 2.44. The van der Waals surface area contributed by atoms with Crippen LogP contribution >= 0.6 is 0 Å². The predicted octanol–water partition coefficient (Wildman–Crippen LogP) is 2.76. The van der Waals surface area contributed by atoms with Crippen molar-refractivity contribution in [1.29, 1.82) is 0 Å². The summed E-state index contributed by atoms with van der Waals surface area (Å²) < 4.78 is 4.75. The third kappa shape index (κ3) is 1.99. The Morgan fingerprint density at radius 1 is 0.545 bits per heavy atom. The van der Waals surface area contributed by atoms with Gasteiger partial charge < -0.3 is 0 Å². The molecule has 6 heterocycles. The molecule has 0 amide bonds. The lowest BCUT2D eigenvalue weighted by molar-refractivity contribution is 0.964. The van der Waals surface area contributed by atoms with E-state index in [4.69, 9.17) is 19.9 Å². The fourth-order valence-electron chi connectivity index (χ4n) is 6.67. The summed E-state index contributed by atoms with van der Waals surface area (Å²) in [5.41, 5.74) is 17.4. The van der Waals surface area contributed by atoms with Crippen molar-refractivity contribution >= 4 is 45.2 Å². The first-order chi connectivity index (χ1) is 15.7. The lowest BCUT2D eigenvalue weighted by Crippen LogP contribution is -2.61. The van der Waals surface area contributed by atoms with Crippen molar-refractivity contribution in [3.63, 3.8) is 0 Å². The molecule has 0 saturated heterocycles. The van der Waals surface area contributed by atoms with Gasteiger partial charge in [0.05, 0.1) is 22.4 Å². The van der Waals surface area contributed by atoms with Crippen molar-refractivity contribution < 1.29 is 0 Å². The minimum atomic E-state index is 0.0620. The highest BCUT2D eigenvalue weighted by atomic mass is 15.1. The summed E-state index contributed by atoms with van der Waals surface area (Å²) in [6, 6.07) is 2.32. The number of hydrogen-bond donors (Lipinski definition) is 0. The van der Waals surface area contributed by atoms with Gasteiger partial charge in [-0.3, -0.25) is 19.1 Å². The summed E-state index contributed by atoms with van der Waals surface area (Å²) in [6.07, 6.45) is 0. The van der Waals surface area contributed by atoms with E-state index >= 15 is 0 Å². The van der Waals surface area contributed by atoms with E-state index in [1.54, 1.807) is 0 Å². The molecule has 0 spiro atoms. The second-order valence-electron chi connectivity index (χ2n) is 9.83. The quantitative estimate of drug-likeness (QED) is 0.346. The molecular formula is C26H25BN6. The number of nitrogens with zero attached hydrogens (tertiary/aromatic N) is 6. The van der Waals surface area contributed by atoms with Crippen LogP contribution in [0, 0.1) is 55.4 Å². The predicted molar refractivity (Wildman–Crippen MR) is 134 cm³/mol. The SMILES string of the molecule is Cc1cc(C)c2c3c1-n1c(C)nc4c(C)nc(C)c(c41)B3c1c(C)nc(C)c3nc(C)n-2c13. The number of imidazole rings is 2. The van der Waals surface area contributed by atoms with Crippen LogP contribution in [0.2, 0.25) is 0 Å². The van der Waals surface area contributed by atoms with Crippen LogP contribution in [0.5, 0.6) is 0 Å². The first-order valence-corrected chi connectivity index (χ1v) is 11.6. The molecule has 162 valence electrons. The van der Waals surface area contributed by atoms with Crippen molar-refractivity contribution in [1.82, 2.24) is 29.1 Å². The van der Waals surface area contributed by atoms with E-state index in [0.29, 0.717) is 0 Å². The largest absolute Gasteiger partial charge is 0.297 e. The molecule has 4 aromatic heterocycles. The van der Waals surface area contributed by atoms with Crippen LogP contribution in [-0.4, -0.2) is 35.8 Å². The molecule has 0 radical (unpaired) electrons. The molecule has 7 heteroatoms. The summed E-state index contributed by atoms with van der Waals surface area (Å²) in [6.45, 7) is 17.2. The molecule has 0 aliphatic carbocycles. The Morgan fingerprint density at radius 2 is 0.970 bits per heavy atom. The van der Waals surface area contributed by atoms with Gasteiger partial charge in [-0.15, -0.1) is 0 Å². The number of hydrogen-bond acceptors (Lipinski definition) is 4. The molecule has 7 rings (SSSR count). The molecular weight excluding hydrogens is 407 g/mol. The molecule has 1 aromatic carbocycles. The zero-order chi connectivity index (χ0) is 23.1. The topological polar surface area (TPSA) is 61.4 Å². The Kier molecular flexibility index (Phi) is 3.29. The van der Waals surface area contributed by atoms with Gasteiger partial charge in [-0.05, 0) is 82.9 Å². The summed E-state index contributed by atoms with van der Waals surface area (Å²) >= 11 is 0. The third-order valence-corrected chi connectivity index (χ3v) is 7.74. The lowest BCUT2D eigenvalue weighted by Gasteiger charge is -2.36. The summed E-state index contributed by atoms with van der Waals surface area (Å²) in [7, 11) is 0. The van der Waals surface area contributed by atoms with Crippen molar-refractivity contribution in [2.24, 2.45) is 0 Å². The van der Waals surface area contributed by atoms with Crippen LogP contribution in [0.25, 0.3) is 33.4 Å². The van der Waals surface area contributed by atoms with E-state index in [0.717, 1.165) is 45.5 Å². The highest BCUT2D eigenvalue weighted by Crippen LogP contribution is 2.35. The summed E-state index contributed by atoms with van der Waals surface area (Å²) in [4.78, 5) is 20.0. The molecule has 0 fully saturated rings. The van der Waals surface area contributed by atoms with Crippen LogP contribution in [0.1, 0.15) is 45.6 Å². The van der Waals surface area contributed by atoms with Crippen molar-refractivity contribution in [2.45, 2.75) is 55.4 Å². The average molecular weight is 432 g/mol. The van der Waals surface area contributed by atoms with Gasteiger partial charge in [-0.25, -0.2) is 9.97 Å². The molecule has 0 unspecified atom stereocenters. The number of aryl methyl sites for hydroxylation is 8. The first kappa shape index (κ1) is 19.0. The standard InChI is InChI=1S/C26H25BN6/c1-10-9-11(2)24-20-23(10)32-16(7)30-21-14(5)28-12(3)18(25(21)32)27(20)19-13(4)29-15(6)22-26(19)33(24)17(8)31-22/h9H,1-8H3. The van der Waals surface area contributed by atoms with Gasteiger partial charge >= 0.3 is 0 Å². The van der Waals surface area contributed by atoms with Gasteiger partial charge in [0.2, 0.25) is 0 Å². The Hall–Kier alpha value is -3.48. The second-order valence-corrected chi connectivity index (χ2v) is 9.83. The Morgan fingerprint density at radius 3 is 1.39 bits per heavy atom. The number of fused-ring (bicyclic) bond motifs is 4. The monoisotopic (exact) mass is 432 g/mol. The molecule has 2 aliphatic heterocycles. The Bertz CT molecular complexity index is 1630. The molecule has 0 N–H and O–H groups in total. The Labute approximate surface area is 192 Å². The van der Waals surface area contributed by atoms with Crippen LogP contribution in [0.15, 0.2) is 6.07 Å². The molecule has 0 saturated carbocycles. The molecule has 0 bridgehead atoms. The minimum Gasteiger partial charge on any atom is -0.297 e.